The average Bonchev–Trinajstić information content (AvgIpc) is 2.74. The molecule has 1 saturated heterocycles. The van der Waals surface area contributed by atoms with E-state index in [0.717, 1.165) is 12.3 Å². The van der Waals surface area contributed by atoms with E-state index in [1.807, 2.05) is 4.98 Å². The Hall–Kier alpha value is -2.30. The van der Waals surface area contributed by atoms with Crippen molar-refractivity contribution >= 4 is 12.0 Å². The van der Waals surface area contributed by atoms with E-state index in [9.17, 15) is 23.9 Å². The van der Waals surface area contributed by atoms with Gasteiger partial charge in [-0.1, -0.05) is 0 Å². The van der Waals surface area contributed by atoms with Gasteiger partial charge >= 0.3 is 11.7 Å². The maximum Gasteiger partial charge on any atom is 0.330 e. The highest BCUT2D eigenvalue weighted by molar-refractivity contribution is 5.85. The Morgan fingerprint density at radius 3 is 2.73 bits per heavy atom. The molecule has 10 heteroatoms. The Morgan fingerprint density at radius 2 is 2.18 bits per heavy atom. The van der Waals surface area contributed by atoms with Crippen molar-refractivity contribution in [2.24, 2.45) is 0 Å². The number of hydrogen-bond donors (Lipinski definition) is 4. The van der Waals surface area contributed by atoms with Gasteiger partial charge in [0.15, 0.2) is 12.4 Å². The van der Waals surface area contributed by atoms with E-state index < -0.39 is 48.4 Å². The number of nitrogens with zero attached hydrogens (tertiary/aromatic N) is 1. The molecule has 1 aromatic heterocycles. The van der Waals surface area contributed by atoms with Crippen molar-refractivity contribution in [3.8, 4) is 0 Å². The van der Waals surface area contributed by atoms with Gasteiger partial charge in [0.2, 0.25) is 0 Å². The number of aliphatic hydroxyl groups excluding tert-OH is 2. The molecular weight excluding hydrogens is 303 g/mol. The predicted octanol–water partition coefficient (Wildman–Crippen LogP) is -1.78. The van der Waals surface area contributed by atoms with E-state index in [1.165, 1.54) is 0 Å². The Bertz CT molecular complexity index is 710. The monoisotopic (exact) mass is 316 g/mol. The van der Waals surface area contributed by atoms with Crippen molar-refractivity contribution in [3.05, 3.63) is 38.7 Å². The fraction of sp³-hybridized carbons (Fsp3) is 0.417. The molecule has 0 saturated carbocycles. The van der Waals surface area contributed by atoms with E-state index in [4.69, 9.17) is 14.9 Å². The molecule has 0 spiro atoms. The van der Waals surface area contributed by atoms with Crippen LogP contribution in [0.25, 0.3) is 6.08 Å². The molecule has 120 valence electrons. The zero-order valence-electron chi connectivity index (χ0n) is 11.0. The number of aliphatic carboxylic acids is 1. The van der Waals surface area contributed by atoms with Crippen molar-refractivity contribution in [1.82, 2.24) is 9.55 Å². The number of aliphatic hydroxyl groups is 2. The molecule has 0 unspecified atom stereocenters. The molecule has 2 heterocycles. The standard InChI is InChI=1S/C12H13FN2O7/c13-8-9(19)6(4-16)22-11(8)15-3-5(1-2-7(17)18)10(20)14-12(15)21/h1-3,6,8-9,11,16,19H,4H2,(H,17,18)(H,14,20,21)/b2-1+/t6-,8-,9-,11-/m1/s1. The zero-order valence-corrected chi connectivity index (χ0v) is 11.0. The van der Waals surface area contributed by atoms with E-state index >= 15 is 0 Å². The maximum atomic E-state index is 14.0. The molecule has 0 bridgehead atoms. The molecule has 22 heavy (non-hydrogen) atoms. The minimum Gasteiger partial charge on any atom is -0.478 e. The van der Waals surface area contributed by atoms with Crippen LogP contribution in [-0.2, 0) is 9.53 Å². The summed E-state index contributed by atoms with van der Waals surface area (Å²) in [5.74, 6) is -1.31. The molecule has 1 fully saturated rings. The lowest BCUT2D eigenvalue weighted by molar-refractivity contribution is -0.131. The van der Waals surface area contributed by atoms with E-state index in [2.05, 4.69) is 0 Å². The van der Waals surface area contributed by atoms with E-state index in [0.29, 0.717) is 10.6 Å². The molecule has 0 aliphatic carbocycles. The number of carboxylic acids is 1. The number of alkyl halides is 1. The van der Waals surface area contributed by atoms with Crippen LogP contribution in [0.2, 0.25) is 0 Å². The third-order valence-electron chi connectivity index (χ3n) is 3.15. The minimum absolute atomic E-state index is 0.209. The molecule has 2 rings (SSSR count). The number of rotatable bonds is 4. The summed E-state index contributed by atoms with van der Waals surface area (Å²) in [4.78, 5) is 35.6. The second kappa shape index (κ2) is 6.22. The largest absolute Gasteiger partial charge is 0.478 e. The SMILES string of the molecule is O=C(O)/C=C/c1cn([C@@H]2O[C@H](CO)[C@@H](O)[C@H]2F)c(=O)[nH]c1=O. The minimum atomic E-state index is -2.00. The van der Waals surface area contributed by atoms with Crippen molar-refractivity contribution in [3.63, 3.8) is 0 Å². The molecule has 1 aromatic rings. The van der Waals surface area contributed by atoms with Crippen LogP contribution in [0.1, 0.15) is 11.8 Å². The number of carbonyl (C=O) groups is 1. The molecule has 4 N–H and O–H groups in total. The van der Waals surface area contributed by atoms with Crippen LogP contribution in [0.5, 0.6) is 0 Å². The summed E-state index contributed by atoms with van der Waals surface area (Å²) in [5, 5.41) is 27.0. The lowest BCUT2D eigenvalue weighted by atomic mass is 10.1. The predicted molar refractivity (Wildman–Crippen MR) is 69.9 cm³/mol. The Morgan fingerprint density at radius 1 is 1.50 bits per heavy atom. The first kappa shape index (κ1) is 16.1. The smallest absolute Gasteiger partial charge is 0.330 e. The molecule has 4 atom stereocenters. The highest BCUT2D eigenvalue weighted by Gasteiger charge is 2.45. The van der Waals surface area contributed by atoms with Crippen LogP contribution in [0.4, 0.5) is 4.39 Å². The first-order valence-electron chi connectivity index (χ1n) is 6.20. The molecule has 1 aliphatic rings. The molecular formula is C12H13FN2O7. The highest BCUT2D eigenvalue weighted by Crippen LogP contribution is 2.30. The Kier molecular flexibility index (Phi) is 4.54. The van der Waals surface area contributed by atoms with Crippen molar-refractivity contribution in [1.29, 1.82) is 0 Å². The summed E-state index contributed by atoms with van der Waals surface area (Å²) in [7, 11) is 0. The van der Waals surface area contributed by atoms with Gasteiger partial charge in [-0.15, -0.1) is 0 Å². The van der Waals surface area contributed by atoms with Crippen LogP contribution >= 0.6 is 0 Å². The second-order valence-electron chi connectivity index (χ2n) is 4.61. The van der Waals surface area contributed by atoms with E-state index in [1.54, 1.807) is 0 Å². The van der Waals surface area contributed by atoms with Crippen LogP contribution in [0, 0.1) is 0 Å². The third kappa shape index (κ3) is 2.98. The number of ether oxygens (including phenoxy) is 1. The summed E-state index contributed by atoms with van der Waals surface area (Å²) in [6.07, 6.45) is -3.87. The Labute approximate surface area is 121 Å². The molecule has 0 amide bonds. The van der Waals surface area contributed by atoms with Crippen molar-refractivity contribution in [2.75, 3.05) is 6.61 Å². The lowest BCUT2D eigenvalue weighted by Gasteiger charge is -2.16. The summed E-state index contributed by atoms with van der Waals surface area (Å²) < 4.78 is 19.7. The first-order valence-corrected chi connectivity index (χ1v) is 6.20. The lowest BCUT2D eigenvalue weighted by Crippen LogP contribution is -2.36. The summed E-state index contributed by atoms with van der Waals surface area (Å²) in [6.45, 7) is -0.651. The van der Waals surface area contributed by atoms with E-state index in [-0.39, 0.29) is 5.56 Å². The molecule has 9 nitrogen and oxygen atoms in total. The first-order chi connectivity index (χ1) is 10.3. The van der Waals surface area contributed by atoms with Gasteiger partial charge in [-0.05, 0) is 6.08 Å². The number of carboxylic acid groups (broad SMARTS) is 1. The van der Waals surface area contributed by atoms with Gasteiger partial charge in [0.1, 0.15) is 12.2 Å². The average molecular weight is 316 g/mol. The molecule has 0 aromatic carbocycles. The number of aromatic nitrogens is 2. The molecule has 1 aliphatic heterocycles. The topological polar surface area (TPSA) is 142 Å². The van der Waals surface area contributed by atoms with Gasteiger partial charge in [0.05, 0.1) is 12.2 Å². The van der Waals surface area contributed by atoms with Crippen LogP contribution in [-0.4, -0.2) is 55.8 Å². The normalized spacial score (nSPS) is 28.3. The summed E-state index contributed by atoms with van der Waals surface area (Å²) >= 11 is 0. The van der Waals surface area contributed by atoms with Crippen LogP contribution in [0.15, 0.2) is 21.9 Å². The summed E-state index contributed by atoms with van der Waals surface area (Å²) in [6, 6.07) is 0. The number of halogens is 1. The van der Waals surface area contributed by atoms with Gasteiger partial charge in [-0.25, -0.2) is 14.0 Å². The quantitative estimate of drug-likeness (QED) is 0.481. The fourth-order valence-corrected chi connectivity index (χ4v) is 2.05. The number of aromatic amines is 1. The van der Waals surface area contributed by atoms with Crippen molar-refractivity contribution in [2.45, 2.75) is 24.6 Å². The Balaban J connectivity index is 2.44. The van der Waals surface area contributed by atoms with Gasteiger partial charge in [-0.3, -0.25) is 14.3 Å². The number of H-pyrrole nitrogens is 1. The number of nitrogens with one attached hydrogen (secondary N) is 1. The number of hydrogen-bond acceptors (Lipinski definition) is 6. The maximum absolute atomic E-state index is 14.0. The molecule has 0 radical (unpaired) electrons. The van der Waals surface area contributed by atoms with Gasteiger partial charge in [0.25, 0.3) is 5.56 Å². The zero-order chi connectivity index (χ0) is 16.4. The van der Waals surface area contributed by atoms with Gasteiger partial charge < -0.3 is 20.1 Å². The van der Waals surface area contributed by atoms with Crippen molar-refractivity contribution < 1.29 is 29.2 Å². The fourth-order valence-electron chi connectivity index (χ4n) is 2.05. The van der Waals surface area contributed by atoms with Crippen LogP contribution < -0.4 is 11.2 Å². The van der Waals surface area contributed by atoms with Gasteiger partial charge in [0, 0.05) is 12.3 Å². The second-order valence-corrected chi connectivity index (χ2v) is 4.61. The third-order valence-corrected chi connectivity index (χ3v) is 3.15. The summed E-state index contributed by atoms with van der Waals surface area (Å²) in [5.41, 5.74) is -2.05. The van der Waals surface area contributed by atoms with Crippen LogP contribution in [0.3, 0.4) is 0 Å². The van der Waals surface area contributed by atoms with Gasteiger partial charge in [-0.2, -0.15) is 0 Å². The highest BCUT2D eigenvalue weighted by atomic mass is 19.1.